The molecule has 1 fully saturated rings. The van der Waals surface area contributed by atoms with Crippen molar-refractivity contribution in [3.8, 4) is 11.5 Å². The van der Waals surface area contributed by atoms with E-state index in [9.17, 15) is 14.4 Å². The highest BCUT2D eigenvalue weighted by atomic mass is 32.2. The van der Waals surface area contributed by atoms with Crippen LogP contribution in [0, 0.1) is 0 Å². The summed E-state index contributed by atoms with van der Waals surface area (Å²) in [6.45, 7) is 8.95. The van der Waals surface area contributed by atoms with E-state index in [-0.39, 0.29) is 24.3 Å². The number of carbonyl (C=O) groups excluding carboxylic acids is 3. The molecule has 3 aliphatic heterocycles. The third-order valence-corrected chi connectivity index (χ3v) is 7.55. The molecule has 3 aliphatic rings. The molecule has 38 heavy (non-hydrogen) atoms. The van der Waals surface area contributed by atoms with Crippen LogP contribution in [0.15, 0.2) is 45.6 Å². The van der Waals surface area contributed by atoms with Crippen molar-refractivity contribution in [3.63, 3.8) is 0 Å². The number of allylic oxidation sites excluding steroid dienone is 1. The summed E-state index contributed by atoms with van der Waals surface area (Å²) in [6.07, 6.45) is -0.179. The smallest absolute Gasteiger partial charge is 0.338 e. The molecule has 1 aromatic carbocycles. The molecule has 0 aliphatic carbocycles. The van der Waals surface area contributed by atoms with Gasteiger partial charge in [0.15, 0.2) is 5.17 Å². The maximum absolute atomic E-state index is 13.4. The molecule has 204 valence electrons. The number of carbonyl (C=O) groups is 3. The molecule has 1 atom stereocenters. The van der Waals surface area contributed by atoms with Crippen LogP contribution in [0.4, 0.5) is 0 Å². The van der Waals surface area contributed by atoms with Crippen LogP contribution in [-0.2, 0) is 19.1 Å². The fourth-order valence-electron chi connectivity index (χ4n) is 4.75. The van der Waals surface area contributed by atoms with Crippen LogP contribution < -0.4 is 9.47 Å². The minimum Gasteiger partial charge on any atom is -0.497 e. The molecule has 0 spiro atoms. The highest BCUT2D eigenvalue weighted by molar-refractivity contribution is 8.16. The highest BCUT2D eigenvalue weighted by Crippen LogP contribution is 2.46. The number of aliphatic imine (C=N–C) groups is 1. The van der Waals surface area contributed by atoms with E-state index in [1.807, 2.05) is 22.4 Å². The zero-order valence-electron chi connectivity index (χ0n) is 22.6. The van der Waals surface area contributed by atoms with E-state index in [4.69, 9.17) is 19.2 Å². The third kappa shape index (κ3) is 5.67. The van der Waals surface area contributed by atoms with Gasteiger partial charge in [-0.2, -0.15) is 0 Å². The van der Waals surface area contributed by atoms with Crippen LogP contribution in [0.2, 0.25) is 0 Å². The molecule has 1 saturated heterocycles. The Hall–Kier alpha value is -3.47. The van der Waals surface area contributed by atoms with E-state index in [1.165, 1.54) is 11.8 Å². The maximum atomic E-state index is 13.4. The number of thioether (sulfide) groups is 1. The van der Waals surface area contributed by atoms with Gasteiger partial charge in [0.2, 0.25) is 11.8 Å². The average Bonchev–Trinajstić information content (AvgIpc) is 3.28. The Bertz CT molecular complexity index is 1190. The van der Waals surface area contributed by atoms with Crippen LogP contribution in [0.3, 0.4) is 0 Å². The predicted octanol–water partition coefficient (Wildman–Crippen LogP) is 3.31. The standard InChI is InChI=1S/C27H34N4O6S/c1-16(2)37-26(34)24-17(3)28-27-31(25(24)19-11-21(35-5)14-22(12-19)36-6)20(15-38-27)13-23(33)30-9-7-29(8-10-30)18(4)32/h11-12,14-16,25H,7-10,13H2,1-6H3/t25-/m1/s1. The fraction of sp³-hybridized carbons (Fsp3) is 0.481. The van der Waals surface area contributed by atoms with E-state index in [0.717, 1.165) is 11.3 Å². The molecule has 3 heterocycles. The number of benzene rings is 1. The zero-order chi connectivity index (χ0) is 27.6. The van der Waals surface area contributed by atoms with Gasteiger partial charge in [-0.1, -0.05) is 11.8 Å². The highest BCUT2D eigenvalue weighted by Gasteiger charge is 2.42. The molecule has 0 saturated carbocycles. The first-order chi connectivity index (χ1) is 18.1. The van der Waals surface area contributed by atoms with Crippen molar-refractivity contribution in [2.75, 3.05) is 40.4 Å². The third-order valence-electron chi connectivity index (χ3n) is 6.66. The number of piperazine rings is 1. The lowest BCUT2D eigenvalue weighted by Gasteiger charge is -2.38. The van der Waals surface area contributed by atoms with Crippen molar-refractivity contribution < 1.29 is 28.6 Å². The summed E-state index contributed by atoms with van der Waals surface area (Å²) in [5, 5.41) is 2.59. The van der Waals surface area contributed by atoms with Gasteiger partial charge in [0.25, 0.3) is 0 Å². The van der Waals surface area contributed by atoms with Gasteiger partial charge in [0.1, 0.15) is 11.5 Å². The quantitative estimate of drug-likeness (QED) is 0.484. The maximum Gasteiger partial charge on any atom is 0.338 e. The summed E-state index contributed by atoms with van der Waals surface area (Å²) in [5.41, 5.74) is 2.44. The molecule has 4 rings (SSSR count). The summed E-state index contributed by atoms with van der Waals surface area (Å²) in [5.74, 6) is 0.667. The van der Waals surface area contributed by atoms with Crippen molar-refractivity contribution in [1.29, 1.82) is 0 Å². The topological polar surface area (TPSA) is 101 Å². The Morgan fingerprint density at radius 1 is 1.03 bits per heavy atom. The van der Waals surface area contributed by atoms with E-state index in [0.29, 0.717) is 54.1 Å². The Labute approximate surface area is 227 Å². The number of methoxy groups -OCH3 is 2. The van der Waals surface area contributed by atoms with Crippen molar-refractivity contribution in [1.82, 2.24) is 14.7 Å². The molecular weight excluding hydrogens is 508 g/mol. The van der Waals surface area contributed by atoms with Gasteiger partial charge in [-0.25, -0.2) is 9.79 Å². The Morgan fingerprint density at radius 3 is 2.18 bits per heavy atom. The second kappa shape index (κ2) is 11.5. The first kappa shape index (κ1) is 27.6. The lowest BCUT2D eigenvalue weighted by molar-refractivity contribution is -0.143. The zero-order valence-corrected chi connectivity index (χ0v) is 23.5. The first-order valence-corrected chi connectivity index (χ1v) is 13.4. The van der Waals surface area contributed by atoms with Gasteiger partial charge in [0, 0.05) is 44.9 Å². The Morgan fingerprint density at radius 2 is 1.63 bits per heavy atom. The molecule has 2 amide bonds. The number of nitrogens with zero attached hydrogens (tertiary/aromatic N) is 4. The van der Waals surface area contributed by atoms with Gasteiger partial charge < -0.3 is 28.9 Å². The lowest BCUT2D eigenvalue weighted by Crippen LogP contribution is -2.50. The number of amides is 2. The van der Waals surface area contributed by atoms with Crippen LogP contribution >= 0.6 is 11.8 Å². The van der Waals surface area contributed by atoms with Crippen LogP contribution in [0.5, 0.6) is 11.5 Å². The van der Waals surface area contributed by atoms with Crippen molar-refractivity contribution in [3.05, 3.63) is 46.1 Å². The number of hydrogen-bond donors (Lipinski definition) is 0. The normalized spacial score (nSPS) is 19.2. The Kier molecular flexibility index (Phi) is 8.35. The van der Waals surface area contributed by atoms with Gasteiger partial charge in [-0.3, -0.25) is 9.59 Å². The number of esters is 1. The van der Waals surface area contributed by atoms with Crippen LogP contribution in [0.1, 0.15) is 45.7 Å². The van der Waals surface area contributed by atoms with Crippen molar-refractivity contribution in [2.45, 2.75) is 46.3 Å². The molecule has 0 aromatic heterocycles. The minimum atomic E-state index is -0.596. The van der Waals surface area contributed by atoms with Gasteiger partial charge in [-0.05, 0) is 43.9 Å². The van der Waals surface area contributed by atoms with E-state index >= 15 is 0 Å². The second-order valence-corrected chi connectivity index (χ2v) is 10.4. The second-order valence-electron chi connectivity index (χ2n) is 9.56. The van der Waals surface area contributed by atoms with Gasteiger partial charge in [0.05, 0.1) is 44.1 Å². The molecular formula is C27H34N4O6S. The summed E-state index contributed by atoms with van der Waals surface area (Å²) >= 11 is 1.42. The predicted molar refractivity (Wildman–Crippen MR) is 145 cm³/mol. The summed E-state index contributed by atoms with van der Waals surface area (Å²) < 4.78 is 16.7. The van der Waals surface area contributed by atoms with E-state index < -0.39 is 12.0 Å². The number of rotatable bonds is 7. The number of hydrogen-bond acceptors (Lipinski definition) is 9. The van der Waals surface area contributed by atoms with Gasteiger partial charge in [-0.15, -0.1) is 0 Å². The molecule has 0 bridgehead atoms. The monoisotopic (exact) mass is 542 g/mol. The largest absolute Gasteiger partial charge is 0.497 e. The number of fused-ring (bicyclic) bond motifs is 1. The van der Waals surface area contributed by atoms with Crippen molar-refractivity contribution in [2.24, 2.45) is 4.99 Å². The fourth-order valence-corrected chi connectivity index (χ4v) is 5.71. The summed E-state index contributed by atoms with van der Waals surface area (Å²) in [7, 11) is 3.14. The first-order valence-electron chi connectivity index (χ1n) is 12.5. The summed E-state index contributed by atoms with van der Waals surface area (Å²) in [4.78, 5) is 48.6. The van der Waals surface area contributed by atoms with Gasteiger partial charge >= 0.3 is 5.97 Å². The number of ether oxygens (including phenoxy) is 3. The molecule has 1 aromatic rings. The Balaban J connectivity index is 1.68. The summed E-state index contributed by atoms with van der Waals surface area (Å²) in [6, 6.07) is 4.88. The van der Waals surface area contributed by atoms with Crippen LogP contribution in [-0.4, -0.2) is 84.2 Å². The molecule has 11 heteroatoms. The van der Waals surface area contributed by atoms with E-state index in [1.54, 1.807) is 57.8 Å². The number of amidine groups is 1. The van der Waals surface area contributed by atoms with Crippen LogP contribution in [0.25, 0.3) is 0 Å². The average molecular weight is 543 g/mol. The molecule has 0 radical (unpaired) electrons. The molecule has 10 nitrogen and oxygen atoms in total. The minimum absolute atomic E-state index is 0.0145. The van der Waals surface area contributed by atoms with E-state index in [2.05, 4.69) is 0 Å². The van der Waals surface area contributed by atoms with Crippen molar-refractivity contribution >= 4 is 34.7 Å². The molecule has 0 unspecified atom stereocenters. The molecule has 0 N–H and O–H groups in total. The SMILES string of the molecule is COc1cc(OC)cc([C@@H]2C(C(=O)OC(C)C)=C(C)N=C3SC=C(CC(=O)N4CCN(C(C)=O)CC4)N32)c1. The lowest BCUT2D eigenvalue weighted by atomic mass is 9.93.